The maximum Gasteiger partial charge on any atom is 0.407 e. The number of aliphatic hydroxyl groups excluding tert-OH is 3. The number of amides is 1. The van der Waals surface area contributed by atoms with E-state index in [0.717, 1.165) is 5.56 Å². The van der Waals surface area contributed by atoms with Crippen molar-refractivity contribution in [1.82, 2.24) is 5.32 Å². The predicted molar refractivity (Wildman–Crippen MR) is 92.6 cm³/mol. The average molecular weight is 345 g/mol. The van der Waals surface area contributed by atoms with E-state index in [0.29, 0.717) is 11.1 Å². The van der Waals surface area contributed by atoms with Crippen LogP contribution in [0.4, 0.5) is 4.79 Å². The first kappa shape index (κ1) is 18.9. The standard InChI is InChI=1S/C19H23NO5/c21-12-15-7-4-8-16(11-15)18(23)17(22)9-10-20-19(24)25-13-14-5-2-1-3-6-14/h1-8,11,17-18,21-23H,9-10,12-13H2,(H,20,24). The zero-order valence-electron chi connectivity index (χ0n) is 13.8. The summed E-state index contributed by atoms with van der Waals surface area (Å²) < 4.78 is 5.06. The highest BCUT2D eigenvalue weighted by Crippen LogP contribution is 2.20. The van der Waals surface area contributed by atoms with Crippen LogP contribution >= 0.6 is 0 Å². The molecule has 0 radical (unpaired) electrons. The fourth-order valence-electron chi connectivity index (χ4n) is 2.35. The first-order valence-corrected chi connectivity index (χ1v) is 8.10. The van der Waals surface area contributed by atoms with Gasteiger partial charge in [0.05, 0.1) is 12.7 Å². The van der Waals surface area contributed by atoms with Gasteiger partial charge in [-0.05, 0) is 23.1 Å². The summed E-state index contributed by atoms with van der Waals surface area (Å²) in [5, 5.41) is 31.9. The van der Waals surface area contributed by atoms with Crippen molar-refractivity contribution in [1.29, 1.82) is 0 Å². The van der Waals surface area contributed by atoms with Gasteiger partial charge in [0.25, 0.3) is 0 Å². The summed E-state index contributed by atoms with van der Waals surface area (Å²) in [5.74, 6) is 0. The first-order chi connectivity index (χ1) is 12.1. The molecule has 134 valence electrons. The maximum absolute atomic E-state index is 11.6. The molecule has 0 aliphatic rings. The summed E-state index contributed by atoms with van der Waals surface area (Å²) in [6, 6.07) is 16.1. The lowest BCUT2D eigenvalue weighted by molar-refractivity contribution is 0.0135. The Morgan fingerprint density at radius 3 is 2.48 bits per heavy atom. The molecule has 2 aromatic carbocycles. The van der Waals surface area contributed by atoms with Gasteiger partial charge in [-0.2, -0.15) is 0 Å². The Kier molecular flexibility index (Phi) is 7.40. The molecule has 6 nitrogen and oxygen atoms in total. The van der Waals surface area contributed by atoms with E-state index in [2.05, 4.69) is 5.32 Å². The Bertz CT molecular complexity index is 662. The van der Waals surface area contributed by atoms with Gasteiger partial charge >= 0.3 is 6.09 Å². The largest absolute Gasteiger partial charge is 0.445 e. The lowest BCUT2D eigenvalue weighted by atomic mass is 10.0. The number of nitrogens with one attached hydrogen (secondary N) is 1. The summed E-state index contributed by atoms with van der Waals surface area (Å²) in [5.41, 5.74) is 2.06. The number of benzene rings is 2. The van der Waals surface area contributed by atoms with Gasteiger partial charge in [-0.25, -0.2) is 4.79 Å². The summed E-state index contributed by atoms with van der Waals surface area (Å²) in [6.07, 6.45) is -2.53. The number of aliphatic hydroxyl groups is 3. The molecule has 2 rings (SSSR count). The van der Waals surface area contributed by atoms with Crippen molar-refractivity contribution >= 4 is 6.09 Å². The molecule has 0 bridgehead atoms. The van der Waals surface area contributed by atoms with E-state index >= 15 is 0 Å². The molecule has 2 atom stereocenters. The van der Waals surface area contributed by atoms with Crippen LogP contribution in [0.1, 0.15) is 29.2 Å². The van der Waals surface area contributed by atoms with Gasteiger partial charge < -0.3 is 25.4 Å². The topological polar surface area (TPSA) is 99.0 Å². The quantitative estimate of drug-likeness (QED) is 0.586. The highest BCUT2D eigenvalue weighted by Gasteiger charge is 2.18. The molecule has 0 saturated carbocycles. The summed E-state index contributed by atoms with van der Waals surface area (Å²) in [6.45, 7) is 0.211. The Labute approximate surface area is 146 Å². The summed E-state index contributed by atoms with van der Waals surface area (Å²) in [4.78, 5) is 11.6. The van der Waals surface area contributed by atoms with Crippen LogP contribution in [-0.4, -0.2) is 34.1 Å². The van der Waals surface area contributed by atoms with Crippen LogP contribution < -0.4 is 5.32 Å². The summed E-state index contributed by atoms with van der Waals surface area (Å²) >= 11 is 0. The van der Waals surface area contributed by atoms with E-state index in [9.17, 15) is 15.0 Å². The highest BCUT2D eigenvalue weighted by atomic mass is 16.5. The molecule has 6 heteroatoms. The molecule has 0 fully saturated rings. The van der Waals surface area contributed by atoms with Crippen molar-refractivity contribution in [2.24, 2.45) is 0 Å². The molecule has 0 saturated heterocycles. The minimum Gasteiger partial charge on any atom is -0.445 e. The third kappa shape index (κ3) is 6.19. The van der Waals surface area contributed by atoms with Crippen molar-refractivity contribution < 1.29 is 24.9 Å². The Morgan fingerprint density at radius 1 is 1.04 bits per heavy atom. The van der Waals surface area contributed by atoms with E-state index in [1.807, 2.05) is 30.3 Å². The van der Waals surface area contributed by atoms with Crippen molar-refractivity contribution in [3.05, 3.63) is 71.3 Å². The molecule has 2 aromatic rings. The first-order valence-electron chi connectivity index (χ1n) is 8.10. The molecule has 0 aliphatic heterocycles. The lowest BCUT2D eigenvalue weighted by Crippen LogP contribution is -2.29. The van der Waals surface area contributed by atoms with Gasteiger partial charge in [0.15, 0.2) is 0 Å². The van der Waals surface area contributed by atoms with E-state index < -0.39 is 18.3 Å². The second kappa shape index (κ2) is 9.78. The molecule has 2 unspecified atom stereocenters. The summed E-state index contributed by atoms with van der Waals surface area (Å²) in [7, 11) is 0. The highest BCUT2D eigenvalue weighted by molar-refractivity contribution is 5.67. The predicted octanol–water partition coefficient (Wildman–Crippen LogP) is 1.89. The molecule has 25 heavy (non-hydrogen) atoms. The fraction of sp³-hybridized carbons (Fsp3) is 0.316. The molecule has 4 N–H and O–H groups in total. The number of hydrogen-bond donors (Lipinski definition) is 4. The van der Waals surface area contributed by atoms with E-state index in [1.165, 1.54) is 0 Å². The minimum atomic E-state index is -1.09. The SMILES string of the molecule is O=C(NCCC(O)C(O)c1cccc(CO)c1)OCc1ccccc1. The minimum absolute atomic E-state index is 0.133. The monoisotopic (exact) mass is 345 g/mol. The van der Waals surface area contributed by atoms with Gasteiger partial charge in [0, 0.05) is 6.54 Å². The van der Waals surface area contributed by atoms with Crippen LogP contribution in [0.2, 0.25) is 0 Å². The number of carbonyl (C=O) groups is 1. The zero-order chi connectivity index (χ0) is 18.1. The fourth-order valence-corrected chi connectivity index (χ4v) is 2.35. The van der Waals surface area contributed by atoms with Crippen LogP contribution in [0.5, 0.6) is 0 Å². The van der Waals surface area contributed by atoms with Crippen molar-refractivity contribution in [3.63, 3.8) is 0 Å². The van der Waals surface area contributed by atoms with E-state index in [1.54, 1.807) is 24.3 Å². The zero-order valence-corrected chi connectivity index (χ0v) is 13.8. The van der Waals surface area contributed by atoms with Crippen LogP contribution in [-0.2, 0) is 18.0 Å². The molecule has 0 aliphatic carbocycles. The van der Waals surface area contributed by atoms with Gasteiger partial charge in [-0.3, -0.25) is 0 Å². The number of alkyl carbamates (subject to hydrolysis) is 1. The van der Waals surface area contributed by atoms with E-state index in [-0.39, 0.29) is 26.2 Å². The van der Waals surface area contributed by atoms with Crippen LogP contribution in [0.25, 0.3) is 0 Å². The maximum atomic E-state index is 11.6. The smallest absolute Gasteiger partial charge is 0.407 e. The average Bonchev–Trinajstić information content (AvgIpc) is 2.66. The van der Waals surface area contributed by atoms with Crippen molar-refractivity contribution in [3.8, 4) is 0 Å². The number of carbonyl (C=O) groups excluding carboxylic acids is 1. The molecule has 0 spiro atoms. The van der Waals surface area contributed by atoms with Gasteiger partial charge in [0.2, 0.25) is 0 Å². The van der Waals surface area contributed by atoms with E-state index in [4.69, 9.17) is 9.84 Å². The van der Waals surface area contributed by atoms with Gasteiger partial charge in [-0.15, -0.1) is 0 Å². The normalized spacial score (nSPS) is 13.1. The number of hydrogen-bond acceptors (Lipinski definition) is 5. The third-order valence-electron chi connectivity index (χ3n) is 3.76. The van der Waals surface area contributed by atoms with Crippen molar-refractivity contribution in [2.45, 2.75) is 31.8 Å². The van der Waals surface area contributed by atoms with Crippen LogP contribution in [0.3, 0.4) is 0 Å². The molecular weight excluding hydrogens is 322 g/mol. The van der Waals surface area contributed by atoms with Crippen molar-refractivity contribution in [2.75, 3.05) is 6.54 Å². The second-order valence-corrected chi connectivity index (χ2v) is 5.69. The number of rotatable bonds is 8. The molecule has 0 heterocycles. The van der Waals surface area contributed by atoms with Crippen LogP contribution in [0, 0.1) is 0 Å². The second-order valence-electron chi connectivity index (χ2n) is 5.69. The molecule has 0 aromatic heterocycles. The lowest BCUT2D eigenvalue weighted by Gasteiger charge is -2.19. The Hall–Kier alpha value is -2.41. The Morgan fingerprint density at radius 2 is 1.76 bits per heavy atom. The third-order valence-corrected chi connectivity index (χ3v) is 3.76. The van der Waals surface area contributed by atoms with Gasteiger partial charge in [0.1, 0.15) is 12.7 Å². The number of ether oxygens (including phenoxy) is 1. The molecular formula is C19H23NO5. The molecule has 1 amide bonds. The van der Waals surface area contributed by atoms with Gasteiger partial charge in [-0.1, -0.05) is 54.6 Å². The van der Waals surface area contributed by atoms with Crippen LogP contribution in [0.15, 0.2) is 54.6 Å². The Balaban J connectivity index is 1.71.